The van der Waals surface area contributed by atoms with Crippen LogP contribution in [0.5, 0.6) is 0 Å². The zero-order valence-electron chi connectivity index (χ0n) is 12.5. The number of hydrogen-bond donors (Lipinski definition) is 1. The Labute approximate surface area is 130 Å². The highest BCUT2D eigenvalue weighted by molar-refractivity contribution is 5.30. The summed E-state index contributed by atoms with van der Waals surface area (Å²) in [4.78, 5) is 2.56. The van der Waals surface area contributed by atoms with Crippen molar-refractivity contribution >= 4 is 0 Å². The van der Waals surface area contributed by atoms with Crippen LogP contribution in [0, 0.1) is 5.82 Å². The van der Waals surface area contributed by atoms with Crippen molar-refractivity contribution in [3.8, 4) is 0 Å². The van der Waals surface area contributed by atoms with Crippen molar-refractivity contribution in [2.24, 2.45) is 5.73 Å². The fourth-order valence-electron chi connectivity index (χ4n) is 4.37. The molecule has 0 aliphatic carbocycles. The molecule has 3 heteroatoms. The Bertz CT molecular complexity index is 640. The van der Waals surface area contributed by atoms with E-state index in [1.165, 1.54) is 24.0 Å². The number of benzene rings is 2. The first-order valence-corrected chi connectivity index (χ1v) is 8.05. The van der Waals surface area contributed by atoms with E-state index in [1.807, 2.05) is 12.1 Å². The van der Waals surface area contributed by atoms with Crippen LogP contribution in [0.2, 0.25) is 0 Å². The Hall–Kier alpha value is -1.71. The van der Waals surface area contributed by atoms with Gasteiger partial charge in [-0.2, -0.15) is 0 Å². The summed E-state index contributed by atoms with van der Waals surface area (Å²) in [5, 5.41) is 0. The van der Waals surface area contributed by atoms with Gasteiger partial charge in [0.1, 0.15) is 5.82 Å². The third kappa shape index (κ3) is 2.25. The molecule has 2 aliphatic rings. The van der Waals surface area contributed by atoms with E-state index in [2.05, 4.69) is 35.2 Å². The third-order valence-corrected chi connectivity index (χ3v) is 5.35. The molecule has 0 aromatic heterocycles. The first-order valence-electron chi connectivity index (χ1n) is 8.05. The van der Waals surface area contributed by atoms with E-state index in [9.17, 15) is 4.39 Å². The molecule has 2 fully saturated rings. The van der Waals surface area contributed by atoms with E-state index in [0.717, 1.165) is 6.54 Å². The number of hydrogen-bond acceptors (Lipinski definition) is 2. The Morgan fingerprint density at radius 2 is 1.64 bits per heavy atom. The molecule has 0 spiro atoms. The molecule has 2 saturated heterocycles. The highest BCUT2D eigenvalue weighted by atomic mass is 19.1. The lowest BCUT2D eigenvalue weighted by Crippen LogP contribution is -2.39. The monoisotopic (exact) mass is 296 g/mol. The number of halogens is 1. The smallest absolute Gasteiger partial charge is 0.123 e. The zero-order valence-corrected chi connectivity index (χ0v) is 12.5. The minimum absolute atomic E-state index is 0.146. The predicted molar refractivity (Wildman–Crippen MR) is 85.9 cm³/mol. The molecule has 2 aliphatic heterocycles. The summed E-state index contributed by atoms with van der Waals surface area (Å²) in [6.07, 6.45) is 2.36. The molecule has 0 unspecified atom stereocenters. The summed E-state index contributed by atoms with van der Waals surface area (Å²) < 4.78 is 13.2. The average molecular weight is 296 g/mol. The van der Waals surface area contributed by atoms with Crippen LogP contribution >= 0.6 is 0 Å². The van der Waals surface area contributed by atoms with Crippen molar-refractivity contribution in [1.82, 2.24) is 4.90 Å². The van der Waals surface area contributed by atoms with Crippen molar-refractivity contribution in [3.05, 3.63) is 71.5 Å². The number of fused-ring (bicyclic) bond motifs is 2. The normalized spacial score (nSPS) is 30.8. The van der Waals surface area contributed by atoms with Crippen molar-refractivity contribution in [2.75, 3.05) is 0 Å². The van der Waals surface area contributed by atoms with Gasteiger partial charge in [-0.25, -0.2) is 4.39 Å². The van der Waals surface area contributed by atoms with Gasteiger partial charge in [0, 0.05) is 30.6 Å². The standard InChI is InChI=1S/C19H21FN2/c20-15-8-6-14(7-9-15)18-16-10-11-17(19(18)21)22(16)12-13-4-2-1-3-5-13/h1-9,16-19H,10-12,21H2/t16-,17-,18+,19-/m1/s1. The van der Waals surface area contributed by atoms with Gasteiger partial charge in [0.05, 0.1) is 0 Å². The Kier molecular flexibility index (Phi) is 3.47. The van der Waals surface area contributed by atoms with Crippen molar-refractivity contribution in [2.45, 2.75) is 43.4 Å². The second kappa shape index (κ2) is 5.49. The Morgan fingerprint density at radius 3 is 2.36 bits per heavy atom. The lowest BCUT2D eigenvalue weighted by atomic mass is 9.80. The van der Waals surface area contributed by atoms with Gasteiger partial charge in [-0.15, -0.1) is 0 Å². The second-order valence-corrected chi connectivity index (χ2v) is 6.52. The predicted octanol–water partition coefficient (Wildman–Crippen LogP) is 3.28. The van der Waals surface area contributed by atoms with Crippen LogP contribution in [0.3, 0.4) is 0 Å². The van der Waals surface area contributed by atoms with Gasteiger partial charge in [-0.1, -0.05) is 42.5 Å². The molecule has 0 radical (unpaired) electrons. The maximum absolute atomic E-state index is 13.2. The summed E-state index contributed by atoms with van der Waals surface area (Å²) in [6.45, 7) is 0.960. The SMILES string of the molecule is N[C@H]1[C@@H](c2ccc(F)cc2)[C@H]2CC[C@H]1N2Cc1ccccc1. The van der Waals surface area contributed by atoms with Crippen LogP contribution in [-0.2, 0) is 6.54 Å². The van der Waals surface area contributed by atoms with Gasteiger partial charge >= 0.3 is 0 Å². The van der Waals surface area contributed by atoms with E-state index < -0.39 is 0 Å². The first-order chi connectivity index (χ1) is 10.7. The molecular weight excluding hydrogens is 275 g/mol. The number of nitrogens with zero attached hydrogens (tertiary/aromatic N) is 1. The van der Waals surface area contributed by atoms with Gasteiger partial charge in [-0.05, 0) is 36.1 Å². The molecule has 2 bridgehead atoms. The van der Waals surface area contributed by atoms with Gasteiger partial charge in [0.2, 0.25) is 0 Å². The van der Waals surface area contributed by atoms with Crippen LogP contribution in [-0.4, -0.2) is 23.0 Å². The number of rotatable bonds is 3. The lowest BCUT2D eigenvalue weighted by Gasteiger charge is -2.26. The molecule has 114 valence electrons. The highest BCUT2D eigenvalue weighted by Crippen LogP contribution is 2.46. The molecule has 0 saturated carbocycles. The van der Waals surface area contributed by atoms with Crippen molar-refractivity contribution in [3.63, 3.8) is 0 Å². The minimum atomic E-state index is -0.179. The second-order valence-electron chi connectivity index (χ2n) is 6.52. The molecule has 2 N–H and O–H groups in total. The van der Waals surface area contributed by atoms with Crippen molar-refractivity contribution in [1.29, 1.82) is 0 Å². The van der Waals surface area contributed by atoms with Crippen LogP contribution in [0.15, 0.2) is 54.6 Å². The van der Waals surface area contributed by atoms with Crippen LogP contribution < -0.4 is 5.73 Å². The molecular formula is C19H21FN2. The molecule has 2 nitrogen and oxygen atoms in total. The van der Waals surface area contributed by atoms with Crippen LogP contribution in [0.4, 0.5) is 4.39 Å². The van der Waals surface area contributed by atoms with Crippen LogP contribution in [0.1, 0.15) is 29.9 Å². The van der Waals surface area contributed by atoms with Gasteiger partial charge in [-0.3, -0.25) is 4.90 Å². The summed E-state index contributed by atoms with van der Waals surface area (Å²) in [6, 6.07) is 18.6. The zero-order chi connectivity index (χ0) is 15.1. The summed E-state index contributed by atoms with van der Waals surface area (Å²) in [7, 11) is 0. The fourth-order valence-corrected chi connectivity index (χ4v) is 4.37. The largest absolute Gasteiger partial charge is 0.326 e. The van der Waals surface area contributed by atoms with Gasteiger partial charge in [0.15, 0.2) is 0 Å². The molecule has 2 heterocycles. The van der Waals surface area contributed by atoms with E-state index in [1.54, 1.807) is 12.1 Å². The first kappa shape index (κ1) is 13.9. The fraction of sp³-hybridized carbons (Fsp3) is 0.368. The summed E-state index contributed by atoms with van der Waals surface area (Å²) in [5.74, 6) is 0.143. The maximum atomic E-state index is 13.2. The van der Waals surface area contributed by atoms with Gasteiger partial charge < -0.3 is 5.73 Å². The molecule has 2 aromatic rings. The quantitative estimate of drug-likeness (QED) is 0.942. The molecule has 4 rings (SSSR count). The lowest BCUT2D eigenvalue weighted by molar-refractivity contribution is 0.236. The Balaban J connectivity index is 1.60. The average Bonchev–Trinajstić information content (AvgIpc) is 3.04. The van der Waals surface area contributed by atoms with E-state index >= 15 is 0 Å². The number of nitrogens with two attached hydrogens (primary N) is 1. The summed E-state index contributed by atoms with van der Waals surface area (Å²) in [5.41, 5.74) is 9.06. The van der Waals surface area contributed by atoms with Gasteiger partial charge in [0.25, 0.3) is 0 Å². The molecule has 22 heavy (non-hydrogen) atoms. The molecule has 2 aromatic carbocycles. The van der Waals surface area contributed by atoms with E-state index in [-0.39, 0.29) is 11.9 Å². The molecule has 0 amide bonds. The summed E-state index contributed by atoms with van der Waals surface area (Å²) >= 11 is 0. The van der Waals surface area contributed by atoms with E-state index in [4.69, 9.17) is 5.73 Å². The molecule has 4 atom stereocenters. The van der Waals surface area contributed by atoms with Crippen LogP contribution in [0.25, 0.3) is 0 Å². The topological polar surface area (TPSA) is 29.3 Å². The Morgan fingerprint density at radius 1 is 0.955 bits per heavy atom. The highest BCUT2D eigenvalue weighted by Gasteiger charge is 2.51. The maximum Gasteiger partial charge on any atom is 0.123 e. The van der Waals surface area contributed by atoms with Crippen molar-refractivity contribution < 1.29 is 4.39 Å². The van der Waals surface area contributed by atoms with E-state index in [0.29, 0.717) is 18.0 Å². The minimum Gasteiger partial charge on any atom is -0.326 e. The third-order valence-electron chi connectivity index (χ3n) is 5.35.